The Morgan fingerprint density at radius 2 is 2.31 bits per heavy atom. The molecule has 0 radical (unpaired) electrons. The maximum Gasteiger partial charge on any atom is 0.139 e. The van der Waals surface area contributed by atoms with E-state index in [-0.39, 0.29) is 5.82 Å². The lowest BCUT2D eigenvalue weighted by molar-refractivity contribution is 0.621. The standard InChI is InChI=1S/C11H11BrFN3/c1-7-4-9(12)10(13)5-11(7)14-6-8-2-3-15-16-8/h2-5,14H,6H2,1H3,(H,15,16). The molecule has 5 heteroatoms. The number of aromatic amines is 1. The zero-order valence-corrected chi connectivity index (χ0v) is 10.3. The molecule has 0 amide bonds. The van der Waals surface area contributed by atoms with E-state index in [0.717, 1.165) is 16.9 Å². The normalized spacial score (nSPS) is 10.4. The van der Waals surface area contributed by atoms with Crippen molar-refractivity contribution in [1.82, 2.24) is 10.2 Å². The Morgan fingerprint density at radius 3 is 3.00 bits per heavy atom. The molecule has 0 fully saturated rings. The number of aryl methyl sites for hydroxylation is 1. The number of halogens is 2. The molecule has 3 nitrogen and oxygen atoms in total. The van der Waals surface area contributed by atoms with Crippen LogP contribution < -0.4 is 5.32 Å². The Hall–Kier alpha value is -1.36. The molecule has 0 unspecified atom stereocenters. The van der Waals surface area contributed by atoms with Crippen LogP contribution in [0.4, 0.5) is 10.1 Å². The van der Waals surface area contributed by atoms with Gasteiger partial charge >= 0.3 is 0 Å². The molecule has 1 aromatic heterocycles. The topological polar surface area (TPSA) is 40.7 Å². The number of nitrogens with one attached hydrogen (secondary N) is 2. The highest BCUT2D eigenvalue weighted by Crippen LogP contribution is 2.24. The summed E-state index contributed by atoms with van der Waals surface area (Å²) in [5, 5.41) is 9.83. The minimum atomic E-state index is -0.266. The van der Waals surface area contributed by atoms with Crippen molar-refractivity contribution < 1.29 is 4.39 Å². The van der Waals surface area contributed by atoms with Crippen LogP contribution in [-0.4, -0.2) is 10.2 Å². The largest absolute Gasteiger partial charge is 0.379 e. The van der Waals surface area contributed by atoms with E-state index in [1.54, 1.807) is 12.3 Å². The average Bonchev–Trinajstić information content (AvgIpc) is 2.74. The number of H-pyrrole nitrogens is 1. The fraction of sp³-hybridized carbons (Fsp3) is 0.182. The fourth-order valence-corrected chi connectivity index (χ4v) is 1.87. The van der Waals surface area contributed by atoms with Gasteiger partial charge in [0, 0.05) is 11.9 Å². The van der Waals surface area contributed by atoms with Crippen molar-refractivity contribution in [2.75, 3.05) is 5.32 Å². The van der Waals surface area contributed by atoms with Crippen molar-refractivity contribution in [3.8, 4) is 0 Å². The van der Waals surface area contributed by atoms with Crippen molar-refractivity contribution in [2.24, 2.45) is 0 Å². The second-order valence-electron chi connectivity index (χ2n) is 3.52. The van der Waals surface area contributed by atoms with Gasteiger partial charge in [0.1, 0.15) is 5.82 Å². The number of aromatic nitrogens is 2. The molecule has 0 aliphatic heterocycles. The minimum Gasteiger partial charge on any atom is -0.379 e. The number of rotatable bonds is 3. The van der Waals surface area contributed by atoms with Crippen LogP contribution in [0.5, 0.6) is 0 Å². The lowest BCUT2D eigenvalue weighted by Gasteiger charge is -2.09. The second kappa shape index (κ2) is 4.65. The van der Waals surface area contributed by atoms with Gasteiger partial charge in [-0.1, -0.05) is 0 Å². The molecule has 0 bridgehead atoms. The van der Waals surface area contributed by atoms with Gasteiger partial charge in [-0.15, -0.1) is 0 Å². The van der Waals surface area contributed by atoms with Crippen LogP contribution in [0, 0.1) is 12.7 Å². The summed E-state index contributed by atoms with van der Waals surface area (Å²) < 4.78 is 13.8. The van der Waals surface area contributed by atoms with E-state index in [1.807, 2.05) is 13.0 Å². The summed E-state index contributed by atoms with van der Waals surface area (Å²) >= 11 is 3.15. The van der Waals surface area contributed by atoms with Gasteiger partial charge in [0.05, 0.1) is 16.7 Å². The number of benzene rings is 1. The summed E-state index contributed by atoms with van der Waals surface area (Å²) in [5.41, 5.74) is 2.74. The maximum absolute atomic E-state index is 13.3. The predicted octanol–water partition coefficient (Wildman–Crippen LogP) is 3.23. The lowest BCUT2D eigenvalue weighted by Crippen LogP contribution is -2.02. The molecule has 0 aliphatic rings. The van der Waals surface area contributed by atoms with Gasteiger partial charge in [0.2, 0.25) is 0 Å². The summed E-state index contributed by atoms with van der Waals surface area (Å²) in [7, 11) is 0. The first-order valence-corrected chi connectivity index (χ1v) is 5.64. The lowest BCUT2D eigenvalue weighted by atomic mass is 10.2. The van der Waals surface area contributed by atoms with Gasteiger partial charge < -0.3 is 5.32 Å². The second-order valence-corrected chi connectivity index (χ2v) is 4.37. The van der Waals surface area contributed by atoms with Gasteiger partial charge in [-0.3, -0.25) is 5.10 Å². The third-order valence-electron chi connectivity index (χ3n) is 2.29. The van der Waals surface area contributed by atoms with E-state index in [4.69, 9.17) is 0 Å². The first-order valence-electron chi connectivity index (χ1n) is 4.84. The molecule has 2 aromatic rings. The summed E-state index contributed by atoms with van der Waals surface area (Å²) in [6.45, 7) is 2.53. The van der Waals surface area contributed by atoms with Gasteiger partial charge in [-0.25, -0.2) is 4.39 Å². The maximum atomic E-state index is 13.3. The summed E-state index contributed by atoms with van der Waals surface area (Å²) in [5.74, 6) is -0.266. The quantitative estimate of drug-likeness (QED) is 0.908. The van der Waals surface area contributed by atoms with E-state index in [9.17, 15) is 4.39 Å². The Bertz CT molecular complexity index is 482. The molecule has 84 valence electrons. The van der Waals surface area contributed by atoms with Gasteiger partial charge in [-0.2, -0.15) is 5.10 Å². The molecule has 0 saturated heterocycles. The van der Waals surface area contributed by atoms with Crippen LogP contribution in [0.15, 0.2) is 28.9 Å². The first-order chi connectivity index (χ1) is 7.66. The Morgan fingerprint density at radius 1 is 1.50 bits per heavy atom. The van der Waals surface area contributed by atoms with Crippen LogP contribution in [-0.2, 0) is 6.54 Å². The molecule has 16 heavy (non-hydrogen) atoms. The Balaban J connectivity index is 2.12. The molecule has 2 rings (SSSR count). The molecule has 1 aromatic carbocycles. The van der Waals surface area contributed by atoms with Crippen molar-refractivity contribution >= 4 is 21.6 Å². The first kappa shape index (κ1) is 11.1. The summed E-state index contributed by atoms with van der Waals surface area (Å²) in [6.07, 6.45) is 1.69. The van der Waals surface area contributed by atoms with Crippen molar-refractivity contribution in [1.29, 1.82) is 0 Å². The summed E-state index contributed by atoms with van der Waals surface area (Å²) in [4.78, 5) is 0. The average molecular weight is 284 g/mol. The van der Waals surface area contributed by atoms with Crippen LogP contribution in [0.1, 0.15) is 11.3 Å². The predicted molar refractivity (Wildman–Crippen MR) is 64.8 cm³/mol. The fourth-order valence-electron chi connectivity index (χ4n) is 1.41. The molecular formula is C11H11BrFN3. The number of hydrogen-bond acceptors (Lipinski definition) is 2. The zero-order valence-electron chi connectivity index (χ0n) is 8.72. The highest BCUT2D eigenvalue weighted by molar-refractivity contribution is 9.10. The number of hydrogen-bond donors (Lipinski definition) is 2. The molecule has 0 saturated carbocycles. The number of anilines is 1. The van der Waals surface area contributed by atoms with Crippen LogP contribution in [0.25, 0.3) is 0 Å². The molecule has 0 atom stereocenters. The van der Waals surface area contributed by atoms with E-state index in [1.165, 1.54) is 6.07 Å². The van der Waals surface area contributed by atoms with Gasteiger partial charge in [-0.05, 0) is 46.6 Å². The van der Waals surface area contributed by atoms with Crippen molar-refractivity contribution in [3.05, 3.63) is 45.9 Å². The third-order valence-corrected chi connectivity index (χ3v) is 2.90. The van der Waals surface area contributed by atoms with Crippen molar-refractivity contribution in [2.45, 2.75) is 13.5 Å². The summed E-state index contributed by atoms with van der Waals surface area (Å²) in [6, 6.07) is 5.11. The van der Waals surface area contributed by atoms with E-state index in [2.05, 4.69) is 31.4 Å². The monoisotopic (exact) mass is 283 g/mol. The Kier molecular flexibility index (Phi) is 3.24. The number of nitrogens with zero attached hydrogens (tertiary/aromatic N) is 1. The molecular weight excluding hydrogens is 273 g/mol. The van der Waals surface area contributed by atoms with Crippen LogP contribution >= 0.6 is 15.9 Å². The minimum absolute atomic E-state index is 0.266. The van der Waals surface area contributed by atoms with E-state index in [0.29, 0.717) is 11.0 Å². The molecule has 0 aliphatic carbocycles. The highest BCUT2D eigenvalue weighted by atomic mass is 79.9. The molecule has 0 spiro atoms. The SMILES string of the molecule is Cc1cc(Br)c(F)cc1NCc1ccn[nH]1. The molecule has 2 N–H and O–H groups in total. The van der Waals surface area contributed by atoms with Crippen LogP contribution in [0.2, 0.25) is 0 Å². The van der Waals surface area contributed by atoms with Gasteiger partial charge in [0.15, 0.2) is 0 Å². The van der Waals surface area contributed by atoms with E-state index >= 15 is 0 Å². The van der Waals surface area contributed by atoms with Crippen LogP contribution in [0.3, 0.4) is 0 Å². The van der Waals surface area contributed by atoms with Crippen molar-refractivity contribution in [3.63, 3.8) is 0 Å². The zero-order chi connectivity index (χ0) is 11.5. The molecule has 1 heterocycles. The van der Waals surface area contributed by atoms with E-state index < -0.39 is 0 Å². The smallest absolute Gasteiger partial charge is 0.139 e. The highest BCUT2D eigenvalue weighted by Gasteiger charge is 2.05. The third kappa shape index (κ3) is 2.41. The van der Waals surface area contributed by atoms with Gasteiger partial charge in [0.25, 0.3) is 0 Å². The Labute approximate surface area is 101 Å².